The van der Waals surface area contributed by atoms with Gasteiger partial charge in [0.2, 0.25) is 11.8 Å². The molecule has 1 aliphatic carbocycles. The van der Waals surface area contributed by atoms with Crippen LogP contribution in [0.15, 0.2) is 0 Å². The topological polar surface area (TPSA) is 98.5 Å². The van der Waals surface area contributed by atoms with Gasteiger partial charge in [-0.2, -0.15) is 0 Å². The summed E-state index contributed by atoms with van der Waals surface area (Å²) < 4.78 is 4.84. The molecule has 0 bridgehead atoms. The van der Waals surface area contributed by atoms with Crippen molar-refractivity contribution in [2.45, 2.75) is 38.1 Å². The first-order valence-corrected chi connectivity index (χ1v) is 7.80. The van der Waals surface area contributed by atoms with E-state index in [4.69, 9.17) is 10.5 Å². The molecule has 0 unspecified atom stereocenters. The molecule has 0 aromatic rings. The lowest BCUT2D eigenvalue weighted by Crippen LogP contribution is -2.57. The van der Waals surface area contributed by atoms with Crippen molar-refractivity contribution in [1.29, 1.82) is 0 Å². The van der Waals surface area contributed by atoms with E-state index in [1.165, 1.54) is 7.11 Å². The lowest BCUT2D eigenvalue weighted by molar-refractivity contribution is -0.152. The second-order valence-electron chi connectivity index (χ2n) is 5.26. The maximum atomic E-state index is 12.0. The van der Waals surface area contributed by atoms with Crippen molar-refractivity contribution >= 4 is 29.5 Å². The Morgan fingerprint density at radius 2 is 1.90 bits per heavy atom. The van der Waals surface area contributed by atoms with Gasteiger partial charge in [-0.25, -0.2) is 4.79 Å². The van der Waals surface area contributed by atoms with Crippen molar-refractivity contribution in [2.75, 3.05) is 18.6 Å². The van der Waals surface area contributed by atoms with Crippen LogP contribution in [-0.4, -0.2) is 41.9 Å². The average molecular weight is 302 g/mol. The minimum Gasteiger partial charge on any atom is -0.467 e. The van der Waals surface area contributed by atoms with Gasteiger partial charge in [-0.15, -0.1) is 11.8 Å². The highest BCUT2D eigenvalue weighted by Crippen LogP contribution is 2.32. The fourth-order valence-electron chi connectivity index (χ4n) is 2.38. The number of carbonyl (C=O) groups excluding carboxylic acids is 3. The lowest BCUT2D eigenvalue weighted by Gasteiger charge is -2.37. The standard InChI is InChI=1S/C13H22N2O4S/c1-9-3-5-13(6-4-9,12(18)19-2)15-11(17)8-20-7-10(14)16/h9H,3-8H2,1-2H3,(H2,14,16)(H,15,17). The van der Waals surface area contributed by atoms with Gasteiger partial charge < -0.3 is 15.8 Å². The Kier molecular flexibility index (Phi) is 6.32. The second kappa shape index (κ2) is 7.52. The van der Waals surface area contributed by atoms with E-state index in [2.05, 4.69) is 12.2 Å². The molecule has 20 heavy (non-hydrogen) atoms. The number of carbonyl (C=O) groups is 3. The summed E-state index contributed by atoms with van der Waals surface area (Å²) in [6.07, 6.45) is 2.94. The van der Waals surface area contributed by atoms with Gasteiger partial charge in [-0.3, -0.25) is 9.59 Å². The van der Waals surface area contributed by atoms with Crippen molar-refractivity contribution in [3.8, 4) is 0 Å². The maximum absolute atomic E-state index is 12.0. The highest BCUT2D eigenvalue weighted by atomic mass is 32.2. The molecule has 1 rings (SSSR count). The van der Waals surface area contributed by atoms with E-state index >= 15 is 0 Å². The van der Waals surface area contributed by atoms with Gasteiger partial charge in [-0.1, -0.05) is 6.92 Å². The third-order valence-electron chi connectivity index (χ3n) is 3.56. The van der Waals surface area contributed by atoms with Crippen LogP contribution in [0, 0.1) is 5.92 Å². The van der Waals surface area contributed by atoms with Crippen LogP contribution in [0.2, 0.25) is 0 Å². The van der Waals surface area contributed by atoms with E-state index in [9.17, 15) is 14.4 Å². The zero-order valence-corrected chi connectivity index (χ0v) is 12.8. The van der Waals surface area contributed by atoms with Crippen LogP contribution < -0.4 is 11.1 Å². The predicted molar refractivity (Wildman–Crippen MR) is 77.0 cm³/mol. The average Bonchev–Trinajstić information content (AvgIpc) is 2.40. The molecule has 0 spiro atoms. The van der Waals surface area contributed by atoms with Crippen LogP contribution in [-0.2, 0) is 19.1 Å². The Balaban J connectivity index is 2.59. The largest absolute Gasteiger partial charge is 0.467 e. The fraction of sp³-hybridized carbons (Fsp3) is 0.769. The Labute approximate surface area is 123 Å². The van der Waals surface area contributed by atoms with Gasteiger partial charge in [0.1, 0.15) is 5.54 Å². The van der Waals surface area contributed by atoms with Crippen LogP contribution in [0.25, 0.3) is 0 Å². The maximum Gasteiger partial charge on any atom is 0.331 e. The molecule has 1 aliphatic rings. The summed E-state index contributed by atoms with van der Waals surface area (Å²) in [5, 5.41) is 2.79. The van der Waals surface area contributed by atoms with Gasteiger partial charge in [-0.05, 0) is 31.6 Å². The molecule has 0 atom stereocenters. The zero-order valence-electron chi connectivity index (χ0n) is 11.9. The minimum absolute atomic E-state index is 0.0929. The molecule has 7 heteroatoms. The third-order valence-corrected chi connectivity index (χ3v) is 4.52. The highest BCUT2D eigenvalue weighted by molar-refractivity contribution is 8.00. The Morgan fingerprint density at radius 3 is 2.40 bits per heavy atom. The van der Waals surface area contributed by atoms with E-state index < -0.39 is 17.4 Å². The molecule has 0 aromatic heterocycles. The number of hydrogen-bond donors (Lipinski definition) is 2. The third kappa shape index (κ3) is 4.70. The van der Waals surface area contributed by atoms with E-state index in [-0.39, 0.29) is 17.4 Å². The first kappa shape index (κ1) is 16.8. The van der Waals surface area contributed by atoms with Crippen molar-refractivity contribution < 1.29 is 19.1 Å². The number of primary amides is 1. The number of hydrogen-bond acceptors (Lipinski definition) is 5. The molecule has 114 valence electrons. The molecule has 0 aromatic carbocycles. The van der Waals surface area contributed by atoms with Gasteiger partial charge in [0.15, 0.2) is 0 Å². The van der Waals surface area contributed by atoms with Gasteiger partial charge >= 0.3 is 5.97 Å². The Morgan fingerprint density at radius 1 is 1.30 bits per heavy atom. The molecule has 0 aliphatic heterocycles. The summed E-state index contributed by atoms with van der Waals surface area (Å²) >= 11 is 1.14. The monoisotopic (exact) mass is 302 g/mol. The van der Waals surface area contributed by atoms with Gasteiger partial charge in [0.25, 0.3) is 0 Å². The summed E-state index contributed by atoms with van der Waals surface area (Å²) in [4.78, 5) is 34.5. The van der Waals surface area contributed by atoms with Crippen molar-refractivity contribution in [3.63, 3.8) is 0 Å². The molecule has 1 saturated carbocycles. The molecule has 0 saturated heterocycles. The number of nitrogens with one attached hydrogen (secondary N) is 1. The van der Waals surface area contributed by atoms with E-state index in [0.29, 0.717) is 18.8 Å². The summed E-state index contributed by atoms with van der Waals surface area (Å²) in [5.74, 6) is -0.368. The SMILES string of the molecule is COC(=O)C1(NC(=O)CSCC(N)=O)CCC(C)CC1. The van der Waals surface area contributed by atoms with E-state index in [1.807, 2.05) is 0 Å². The minimum atomic E-state index is -0.911. The first-order valence-electron chi connectivity index (χ1n) is 6.65. The molecule has 2 amide bonds. The Hall–Kier alpha value is -1.24. The zero-order chi connectivity index (χ0) is 15.2. The molecular weight excluding hydrogens is 280 g/mol. The van der Waals surface area contributed by atoms with Crippen LogP contribution in [0.3, 0.4) is 0 Å². The van der Waals surface area contributed by atoms with Crippen molar-refractivity contribution in [2.24, 2.45) is 11.7 Å². The first-order chi connectivity index (χ1) is 9.39. The van der Waals surface area contributed by atoms with Crippen LogP contribution in [0.4, 0.5) is 0 Å². The van der Waals surface area contributed by atoms with Crippen molar-refractivity contribution in [1.82, 2.24) is 5.32 Å². The molecule has 6 nitrogen and oxygen atoms in total. The van der Waals surface area contributed by atoms with Crippen molar-refractivity contribution in [3.05, 3.63) is 0 Å². The molecule has 1 fully saturated rings. The molecular formula is C13H22N2O4S. The normalized spacial score (nSPS) is 25.8. The van der Waals surface area contributed by atoms with Gasteiger partial charge in [0.05, 0.1) is 18.6 Å². The van der Waals surface area contributed by atoms with Crippen LogP contribution >= 0.6 is 11.8 Å². The van der Waals surface area contributed by atoms with E-state index in [1.54, 1.807) is 0 Å². The summed E-state index contributed by atoms with van der Waals surface area (Å²) in [5.41, 5.74) is 4.10. The molecule has 0 radical (unpaired) electrons. The Bertz CT molecular complexity index is 379. The summed E-state index contributed by atoms with van der Waals surface area (Å²) in [6, 6.07) is 0. The molecule has 3 N–H and O–H groups in total. The molecule has 0 heterocycles. The van der Waals surface area contributed by atoms with Crippen LogP contribution in [0.1, 0.15) is 32.6 Å². The van der Waals surface area contributed by atoms with Crippen LogP contribution in [0.5, 0.6) is 0 Å². The lowest BCUT2D eigenvalue weighted by atomic mass is 9.77. The summed E-state index contributed by atoms with van der Waals surface area (Å²) in [6.45, 7) is 2.13. The number of amides is 2. The fourth-order valence-corrected chi connectivity index (χ4v) is 2.94. The number of ether oxygens (including phenoxy) is 1. The number of nitrogens with two attached hydrogens (primary N) is 1. The number of thioether (sulfide) groups is 1. The predicted octanol–water partition coefficient (Wildman–Crippen LogP) is 0.443. The second-order valence-corrected chi connectivity index (χ2v) is 6.25. The highest BCUT2D eigenvalue weighted by Gasteiger charge is 2.43. The van der Waals surface area contributed by atoms with Gasteiger partial charge in [0, 0.05) is 0 Å². The number of rotatable bonds is 6. The van der Waals surface area contributed by atoms with E-state index in [0.717, 1.165) is 24.6 Å². The number of methoxy groups -OCH3 is 1. The quantitative estimate of drug-likeness (QED) is 0.694. The number of esters is 1. The smallest absolute Gasteiger partial charge is 0.331 e. The summed E-state index contributed by atoms with van der Waals surface area (Å²) in [7, 11) is 1.33.